The molecule has 182 valence electrons. The predicted molar refractivity (Wildman–Crippen MR) is 150 cm³/mol. The highest BCUT2D eigenvalue weighted by atomic mass is 35.5. The molecular weight excluding hydrogens is 440 g/mol. The van der Waals surface area contributed by atoms with Crippen LogP contribution in [0.5, 0.6) is 0 Å². The van der Waals surface area contributed by atoms with Crippen molar-refractivity contribution in [2.24, 2.45) is 16.1 Å². The highest BCUT2D eigenvalue weighted by Gasteiger charge is 2.21. The van der Waals surface area contributed by atoms with Gasteiger partial charge in [0.2, 0.25) is 0 Å². The number of halogens is 1. The Morgan fingerprint density at radius 3 is 2.56 bits per heavy atom. The lowest BCUT2D eigenvalue weighted by Gasteiger charge is -2.27. The van der Waals surface area contributed by atoms with Gasteiger partial charge < -0.3 is 16.5 Å². The maximum Gasteiger partial charge on any atom is 0.0668 e. The van der Waals surface area contributed by atoms with Gasteiger partial charge in [0, 0.05) is 40.3 Å². The third-order valence-corrected chi connectivity index (χ3v) is 6.49. The first-order valence-electron chi connectivity index (χ1n) is 12.0. The van der Waals surface area contributed by atoms with Crippen molar-refractivity contribution in [2.45, 2.75) is 59.9 Å². The molecule has 5 heteroatoms. The number of nitrogens with one attached hydrogen (secondary N) is 2. The fourth-order valence-electron chi connectivity index (χ4n) is 3.72. The number of nitrogens with zero attached hydrogens (tertiary/aromatic N) is 1. The molecule has 0 aromatic heterocycles. The molecule has 4 N–H and O–H groups in total. The van der Waals surface area contributed by atoms with Crippen molar-refractivity contribution >= 4 is 29.2 Å². The van der Waals surface area contributed by atoms with E-state index in [1.54, 1.807) is 0 Å². The lowest BCUT2D eigenvalue weighted by molar-refractivity contribution is 0.393. The van der Waals surface area contributed by atoms with Gasteiger partial charge in [0.1, 0.15) is 0 Å². The molecular formula is C29H39ClN4. The summed E-state index contributed by atoms with van der Waals surface area (Å²) in [4.78, 5) is 4.90. The van der Waals surface area contributed by atoms with E-state index in [4.69, 9.17) is 27.7 Å². The van der Waals surface area contributed by atoms with E-state index in [1.165, 1.54) is 11.8 Å². The van der Waals surface area contributed by atoms with Crippen molar-refractivity contribution in [2.75, 3.05) is 11.9 Å². The maximum atomic E-state index is 7.70. The number of hydrogen-bond donors (Lipinski definition) is 3. The molecule has 0 unspecified atom stereocenters. The first-order valence-corrected chi connectivity index (χ1v) is 12.4. The average Bonchev–Trinajstić information content (AvgIpc) is 2.81. The summed E-state index contributed by atoms with van der Waals surface area (Å²) in [7, 11) is 0. The molecule has 0 heterocycles. The van der Waals surface area contributed by atoms with Crippen molar-refractivity contribution in [1.29, 1.82) is 5.41 Å². The molecule has 2 rings (SSSR count). The standard InChI is InChI=1S/C29H39ClN4/c1-6-10-21(3)29(4,5)16-15-25(32)18-28(34-20-24-11-8-9-12-26(24)30)22-13-14-23(19-31)27(17-22)33-7-2/h8-9,11-14,17-19,31,33H,3,6-7,10,15-16,20,32H2,1-2,4-5H3. The van der Waals surface area contributed by atoms with Gasteiger partial charge in [0.15, 0.2) is 0 Å². The van der Waals surface area contributed by atoms with E-state index in [0.29, 0.717) is 11.6 Å². The second-order valence-corrected chi connectivity index (χ2v) is 9.63. The van der Waals surface area contributed by atoms with Crippen molar-refractivity contribution < 1.29 is 0 Å². The van der Waals surface area contributed by atoms with Crippen LogP contribution in [0.3, 0.4) is 0 Å². The third-order valence-electron chi connectivity index (χ3n) is 6.12. The second-order valence-electron chi connectivity index (χ2n) is 9.23. The summed E-state index contributed by atoms with van der Waals surface area (Å²) in [5.41, 5.74) is 13.1. The van der Waals surface area contributed by atoms with Crippen LogP contribution in [0.4, 0.5) is 5.69 Å². The average molecular weight is 479 g/mol. The van der Waals surface area contributed by atoms with E-state index in [9.17, 15) is 0 Å². The van der Waals surface area contributed by atoms with Crippen molar-refractivity contribution in [1.82, 2.24) is 0 Å². The molecule has 0 saturated heterocycles. The van der Waals surface area contributed by atoms with Gasteiger partial charge in [-0.05, 0) is 55.4 Å². The van der Waals surface area contributed by atoms with Crippen LogP contribution < -0.4 is 11.1 Å². The zero-order valence-corrected chi connectivity index (χ0v) is 21.8. The van der Waals surface area contributed by atoms with Gasteiger partial charge in [0.05, 0.1) is 12.3 Å². The third kappa shape index (κ3) is 7.88. The topological polar surface area (TPSA) is 74.3 Å². The molecule has 2 aromatic rings. The van der Waals surface area contributed by atoms with Crippen LogP contribution >= 0.6 is 11.6 Å². The summed E-state index contributed by atoms with van der Waals surface area (Å²) in [5.74, 6) is 0. The number of allylic oxidation sites excluding steroid dienone is 3. The molecule has 0 aliphatic carbocycles. The minimum Gasteiger partial charge on any atom is -0.402 e. The quantitative estimate of drug-likeness (QED) is 0.203. The van der Waals surface area contributed by atoms with Crippen LogP contribution in [0.25, 0.3) is 0 Å². The Morgan fingerprint density at radius 1 is 1.18 bits per heavy atom. The molecule has 0 aliphatic rings. The van der Waals surface area contributed by atoms with Crippen LogP contribution in [0.15, 0.2) is 71.4 Å². The summed E-state index contributed by atoms with van der Waals surface area (Å²) >= 11 is 6.37. The Kier molecular flexibility index (Phi) is 10.6. The molecule has 0 amide bonds. The van der Waals surface area contributed by atoms with Crippen LogP contribution in [-0.2, 0) is 6.54 Å². The Hall–Kier alpha value is -2.85. The smallest absolute Gasteiger partial charge is 0.0668 e. The first kappa shape index (κ1) is 27.4. The van der Waals surface area contributed by atoms with Crippen LogP contribution in [0, 0.1) is 10.8 Å². The van der Waals surface area contributed by atoms with Crippen molar-refractivity contribution in [3.63, 3.8) is 0 Å². The predicted octanol–water partition coefficient (Wildman–Crippen LogP) is 7.76. The summed E-state index contributed by atoms with van der Waals surface area (Å²) in [6.07, 6.45) is 7.17. The van der Waals surface area contributed by atoms with E-state index in [-0.39, 0.29) is 5.41 Å². The highest BCUT2D eigenvalue weighted by molar-refractivity contribution is 6.31. The summed E-state index contributed by atoms with van der Waals surface area (Å²) in [6, 6.07) is 13.7. The molecule has 4 nitrogen and oxygen atoms in total. The van der Waals surface area contributed by atoms with E-state index in [0.717, 1.165) is 66.0 Å². The Balaban J connectivity index is 2.38. The van der Waals surface area contributed by atoms with Crippen LogP contribution in [0.1, 0.15) is 70.1 Å². The van der Waals surface area contributed by atoms with Gasteiger partial charge in [-0.2, -0.15) is 0 Å². The number of hydrogen-bond acceptors (Lipinski definition) is 4. The molecule has 0 atom stereocenters. The highest BCUT2D eigenvalue weighted by Crippen LogP contribution is 2.34. The Bertz CT molecular complexity index is 1050. The van der Waals surface area contributed by atoms with Crippen molar-refractivity contribution in [3.05, 3.63) is 88.1 Å². The SMILES string of the molecule is C=C(CCC)C(C)(C)CCC(N)=CC(=NCc1ccccc1Cl)c1ccc(C=N)c(NCC)c1. The summed E-state index contributed by atoms with van der Waals surface area (Å²) in [5, 5.41) is 11.7. The lowest BCUT2D eigenvalue weighted by Crippen LogP contribution is -2.16. The fraction of sp³-hybridized carbons (Fsp3) is 0.379. The Labute approximate surface area is 210 Å². The van der Waals surface area contributed by atoms with E-state index in [1.807, 2.05) is 55.5 Å². The van der Waals surface area contributed by atoms with Gasteiger partial charge in [-0.1, -0.05) is 81.3 Å². The van der Waals surface area contributed by atoms with E-state index in [2.05, 4.69) is 32.7 Å². The lowest BCUT2D eigenvalue weighted by atomic mass is 9.78. The zero-order valence-electron chi connectivity index (χ0n) is 21.0. The molecule has 0 saturated carbocycles. The minimum absolute atomic E-state index is 0.0349. The number of rotatable bonds is 13. The van der Waals surface area contributed by atoms with E-state index < -0.39 is 0 Å². The molecule has 2 aromatic carbocycles. The summed E-state index contributed by atoms with van der Waals surface area (Å²) in [6.45, 7) is 14.2. The van der Waals surface area contributed by atoms with Crippen molar-refractivity contribution in [3.8, 4) is 0 Å². The normalized spacial score (nSPS) is 12.5. The molecule has 0 spiro atoms. The number of anilines is 1. The van der Waals surface area contributed by atoms with Gasteiger partial charge in [-0.25, -0.2) is 0 Å². The van der Waals surface area contributed by atoms with Gasteiger partial charge in [-0.15, -0.1) is 0 Å². The zero-order chi connectivity index (χ0) is 25.1. The minimum atomic E-state index is 0.0349. The van der Waals surface area contributed by atoms with E-state index >= 15 is 0 Å². The molecule has 0 bridgehead atoms. The number of nitrogens with two attached hydrogens (primary N) is 1. The number of aliphatic imine (C=N–C) groups is 1. The molecule has 0 aliphatic heterocycles. The largest absolute Gasteiger partial charge is 0.402 e. The maximum absolute atomic E-state index is 7.70. The van der Waals surface area contributed by atoms with Crippen LogP contribution in [0.2, 0.25) is 5.02 Å². The summed E-state index contributed by atoms with van der Waals surface area (Å²) < 4.78 is 0. The molecule has 0 fully saturated rings. The monoisotopic (exact) mass is 478 g/mol. The van der Waals surface area contributed by atoms with Crippen LogP contribution in [-0.4, -0.2) is 18.5 Å². The fourth-order valence-corrected chi connectivity index (χ4v) is 3.92. The molecule has 34 heavy (non-hydrogen) atoms. The second kappa shape index (κ2) is 13.1. The van der Waals surface area contributed by atoms with Gasteiger partial charge >= 0.3 is 0 Å². The first-order chi connectivity index (χ1) is 16.2. The molecule has 0 radical (unpaired) electrons. The number of benzene rings is 2. The van der Waals surface area contributed by atoms with Gasteiger partial charge in [0.25, 0.3) is 0 Å². The Morgan fingerprint density at radius 2 is 1.91 bits per heavy atom. The van der Waals surface area contributed by atoms with Gasteiger partial charge in [-0.3, -0.25) is 4.99 Å².